The number of ether oxygens (including phenoxy) is 1. The van der Waals surface area contributed by atoms with Gasteiger partial charge in [-0.25, -0.2) is 14.8 Å². The molecule has 268 valence electrons. The van der Waals surface area contributed by atoms with E-state index in [1.54, 1.807) is 6.33 Å². The number of carbonyl (C=O) groups excluding carboxylic acids is 2. The molecular formula is C35H38F3N9O4. The summed E-state index contributed by atoms with van der Waals surface area (Å²) in [5.74, 6) is -4.33. The summed E-state index contributed by atoms with van der Waals surface area (Å²) in [6.45, 7) is 4.88. The number of aliphatic hydroxyl groups excluding tert-OH is 1. The Kier molecular flexibility index (Phi) is 10.2. The van der Waals surface area contributed by atoms with Crippen LogP contribution in [0, 0.1) is 5.92 Å². The molecule has 5 aromatic rings. The standard InChI is InChI=1S/C35H38F3N9O4/c1-20(2)46-17-23(42-18-46)13-14-40-34-44-31(41-16-25(21-9-5-3-6-10-21)22-11-7-4-8-12-22)27-32(45-34)47(19-43-27)26-15-24(30(39)49)28(48)29(26)51-33(50)35(36,37)38/h3-12,17-20,24-26,28-29,48H,13-16H2,1-2H3,(H2,39,49)(H2,40,41,44,45)/t24-,26+,28+,29-/m0/s1. The fraction of sp³-hybridized carbons (Fsp3) is 0.371. The van der Waals surface area contributed by atoms with Gasteiger partial charge in [-0.2, -0.15) is 23.1 Å². The molecule has 0 bridgehead atoms. The molecule has 0 spiro atoms. The average Bonchev–Trinajstić information content (AvgIpc) is 3.83. The second kappa shape index (κ2) is 14.8. The molecule has 1 aliphatic rings. The van der Waals surface area contributed by atoms with Crippen molar-refractivity contribution >= 4 is 34.8 Å². The van der Waals surface area contributed by atoms with Crippen LogP contribution >= 0.6 is 0 Å². The van der Waals surface area contributed by atoms with Gasteiger partial charge in [0.2, 0.25) is 11.9 Å². The zero-order valence-corrected chi connectivity index (χ0v) is 27.9. The maximum atomic E-state index is 13.3. The molecule has 3 aromatic heterocycles. The first-order valence-corrected chi connectivity index (χ1v) is 16.5. The number of amides is 1. The number of primary amides is 1. The van der Waals surface area contributed by atoms with Gasteiger partial charge in [0.25, 0.3) is 0 Å². The highest BCUT2D eigenvalue weighted by atomic mass is 19.4. The van der Waals surface area contributed by atoms with Crippen LogP contribution in [0.1, 0.15) is 55.1 Å². The minimum absolute atomic E-state index is 0.0977. The molecule has 51 heavy (non-hydrogen) atoms. The number of imidazole rings is 2. The number of aliphatic hydroxyl groups is 1. The third kappa shape index (κ3) is 7.80. The Bertz CT molecular complexity index is 1930. The zero-order chi connectivity index (χ0) is 36.3. The molecule has 4 atom stereocenters. The second-order valence-corrected chi connectivity index (χ2v) is 12.7. The average molecular weight is 706 g/mol. The van der Waals surface area contributed by atoms with Crippen molar-refractivity contribution in [3.05, 3.63) is 96.3 Å². The van der Waals surface area contributed by atoms with Crippen molar-refractivity contribution in [2.45, 2.75) is 63.1 Å². The number of anilines is 2. The van der Waals surface area contributed by atoms with Crippen LogP contribution in [0.5, 0.6) is 0 Å². The molecule has 1 saturated carbocycles. The van der Waals surface area contributed by atoms with E-state index in [1.165, 1.54) is 10.9 Å². The van der Waals surface area contributed by atoms with Gasteiger partial charge in [0.1, 0.15) is 12.2 Å². The van der Waals surface area contributed by atoms with Gasteiger partial charge in [-0.15, -0.1) is 0 Å². The molecule has 6 rings (SSSR count). The molecule has 16 heteroatoms. The SMILES string of the molecule is CC(C)n1cnc(CCNc2nc(NCC(c3ccccc3)c3ccccc3)c3ncn([C@@H]4C[C@H](C(N)=O)[C@@H](O)[C@H]4OC(=O)C(F)(F)F)c3n2)c1. The quantitative estimate of drug-likeness (QED) is 0.129. The maximum Gasteiger partial charge on any atom is 0.490 e. The lowest BCUT2D eigenvalue weighted by molar-refractivity contribution is -0.210. The van der Waals surface area contributed by atoms with E-state index in [0.717, 1.165) is 16.8 Å². The molecule has 0 unspecified atom stereocenters. The highest BCUT2D eigenvalue weighted by Gasteiger charge is 2.52. The number of halogens is 3. The molecule has 1 fully saturated rings. The normalized spacial score (nSPS) is 19.1. The number of nitrogens with one attached hydrogen (secondary N) is 2. The summed E-state index contributed by atoms with van der Waals surface area (Å²) >= 11 is 0. The molecule has 5 N–H and O–H groups in total. The molecule has 1 amide bonds. The topological polar surface area (TPSA) is 175 Å². The van der Waals surface area contributed by atoms with Crippen molar-refractivity contribution in [1.82, 2.24) is 29.1 Å². The number of rotatable bonds is 13. The fourth-order valence-electron chi connectivity index (χ4n) is 6.34. The van der Waals surface area contributed by atoms with Crippen LogP contribution in [0.4, 0.5) is 24.9 Å². The minimum atomic E-state index is -5.33. The van der Waals surface area contributed by atoms with Crippen LogP contribution in [0.2, 0.25) is 0 Å². The summed E-state index contributed by atoms with van der Waals surface area (Å²) in [6, 6.07) is 18.9. The Morgan fingerprint density at radius 2 is 1.67 bits per heavy atom. The van der Waals surface area contributed by atoms with E-state index in [4.69, 9.17) is 15.5 Å². The number of hydrogen-bond acceptors (Lipinski definition) is 10. The number of nitrogens with zero attached hydrogens (tertiary/aromatic N) is 6. The number of hydrogen-bond donors (Lipinski definition) is 4. The molecule has 2 aromatic carbocycles. The van der Waals surface area contributed by atoms with E-state index < -0.39 is 42.2 Å². The van der Waals surface area contributed by atoms with Gasteiger partial charge in [-0.3, -0.25) is 4.79 Å². The molecule has 3 heterocycles. The van der Waals surface area contributed by atoms with E-state index in [1.807, 2.05) is 85.3 Å². The highest BCUT2D eigenvalue weighted by molar-refractivity contribution is 5.85. The van der Waals surface area contributed by atoms with Gasteiger partial charge in [0, 0.05) is 37.7 Å². The summed E-state index contributed by atoms with van der Waals surface area (Å²) in [5, 5.41) is 17.5. The number of aromatic nitrogens is 6. The van der Waals surface area contributed by atoms with E-state index in [9.17, 15) is 27.9 Å². The lowest BCUT2D eigenvalue weighted by atomic mass is 9.91. The largest absolute Gasteiger partial charge is 0.490 e. The number of esters is 1. The number of fused-ring (bicyclic) bond motifs is 1. The number of carbonyl (C=O) groups is 2. The van der Waals surface area contributed by atoms with Gasteiger partial charge in [-0.1, -0.05) is 60.7 Å². The molecule has 0 aliphatic heterocycles. The van der Waals surface area contributed by atoms with Crippen molar-refractivity contribution in [3.8, 4) is 0 Å². The first kappa shape index (κ1) is 35.3. The lowest BCUT2D eigenvalue weighted by Crippen LogP contribution is -2.40. The zero-order valence-electron chi connectivity index (χ0n) is 27.9. The minimum Gasteiger partial charge on any atom is -0.451 e. The van der Waals surface area contributed by atoms with E-state index in [0.29, 0.717) is 25.3 Å². The van der Waals surface area contributed by atoms with Crippen LogP contribution in [0.25, 0.3) is 11.2 Å². The monoisotopic (exact) mass is 705 g/mol. The Balaban J connectivity index is 1.36. The Labute approximate surface area is 291 Å². The van der Waals surface area contributed by atoms with E-state index >= 15 is 0 Å². The number of alkyl halides is 3. The van der Waals surface area contributed by atoms with Gasteiger partial charge in [-0.05, 0) is 31.4 Å². The van der Waals surface area contributed by atoms with E-state index in [-0.39, 0.29) is 35.5 Å². The molecular weight excluding hydrogens is 667 g/mol. The first-order valence-electron chi connectivity index (χ1n) is 16.5. The maximum absolute atomic E-state index is 13.3. The van der Waals surface area contributed by atoms with Gasteiger partial charge >= 0.3 is 12.1 Å². The van der Waals surface area contributed by atoms with Gasteiger partial charge in [0.05, 0.1) is 30.3 Å². The van der Waals surface area contributed by atoms with Crippen LogP contribution in [-0.2, 0) is 20.7 Å². The van der Waals surface area contributed by atoms with Crippen LogP contribution in [0.15, 0.2) is 79.5 Å². The summed E-state index contributed by atoms with van der Waals surface area (Å²) in [7, 11) is 0. The molecule has 1 aliphatic carbocycles. The third-order valence-electron chi connectivity index (χ3n) is 9.04. The summed E-state index contributed by atoms with van der Waals surface area (Å²) in [5.41, 5.74) is 8.89. The summed E-state index contributed by atoms with van der Waals surface area (Å²) < 4.78 is 48.0. The molecule has 0 saturated heterocycles. The van der Waals surface area contributed by atoms with Crippen LogP contribution in [0.3, 0.4) is 0 Å². The predicted molar refractivity (Wildman–Crippen MR) is 182 cm³/mol. The summed E-state index contributed by atoms with van der Waals surface area (Å²) in [6.07, 6.45) is -3.56. The van der Waals surface area contributed by atoms with Gasteiger partial charge < -0.3 is 35.3 Å². The van der Waals surface area contributed by atoms with Crippen molar-refractivity contribution in [2.24, 2.45) is 11.7 Å². The fourth-order valence-corrected chi connectivity index (χ4v) is 6.34. The highest BCUT2D eigenvalue weighted by Crippen LogP contribution is 2.40. The number of benzene rings is 2. The van der Waals surface area contributed by atoms with Crippen molar-refractivity contribution in [3.63, 3.8) is 0 Å². The smallest absolute Gasteiger partial charge is 0.451 e. The Hall–Kier alpha value is -5.51. The van der Waals surface area contributed by atoms with Crippen molar-refractivity contribution < 1.29 is 32.6 Å². The van der Waals surface area contributed by atoms with E-state index in [2.05, 4.69) is 25.6 Å². The van der Waals surface area contributed by atoms with Crippen LogP contribution in [-0.4, -0.2) is 77.5 Å². The van der Waals surface area contributed by atoms with Crippen molar-refractivity contribution in [2.75, 3.05) is 23.7 Å². The summed E-state index contributed by atoms with van der Waals surface area (Å²) in [4.78, 5) is 42.5. The predicted octanol–water partition coefficient (Wildman–Crippen LogP) is 4.38. The Morgan fingerprint density at radius 3 is 2.25 bits per heavy atom. The second-order valence-electron chi connectivity index (χ2n) is 12.7. The van der Waals surface area contributed by atoms with Gasteiger partial charge in [0.15, 0.2) is 17.0 Å². The molecule has 0 radical (unpaired) electrons. The third-order valence-corrected chi connectivity index (χ3v) is 9.04. The van der Waals surface area contributed by atoms with Crippen molar-refractivity contribution in [1.29, 1.82) is 0 Å². The Morgan fingerprint density at radius 1 is 1.00 bits per heavy atom. The first-order chi connectivity index (χ1) is 24.4. The van der Waals surface area contributed by atoms with Crippen LogP contribution < -0.4 is 16.4 Å². The number of nitrogens with two attached hydrogens (primary N) is 1. The lowest BCUT2D eigenvalue weighted by Gasteiger charge is -2.24. The molecule has 13 nitrogen and oxygen atoms in total.